The molecule has 0 radical (unpaired) electrons. The number of nitrogens with one attached hydrogen (secondary N) is 1. The van der Waals surface area contributed by atoms with Crippen molar-refractivity contribution in [2.75, 3.05) is 32.8 Å². The lowest BCUT2D eigenvalue weighted by Crippen LogP contribution is -2.59. The largest absolute Gasteiger partial charge is 0.394 e. The number of carbonyl (C=O) groups is 1. The average molecular weight is 366 g/mol. The number of hydrogen-bond donors (Lipinski definition) is 2. The zero-order chi connectivity index (χ0) is 19.2. The summed E-state index contributed by atoms with van der Waals surface area (Å²) in [6, 6.07) is 0. The van der Waals surface area contributed by atoms with E-state index in [2.05, 4.69) is 25.7 Å². The molecule has 2 saturated carbocycles. The summed E-state index contributed by atoms with van der Waals surface area (Å²) < 4.78 is 6.18. The maximum Gasteiger partial charge on any atom is 0.236 e. The van der Waals surface area contributed by atoms with Gasteiger partial charge in [-0.05, 0) is 63.7 Å². The van der Waals surface area contributed by atoms with Crippen molar-refractivity contribution < 1.29 is 14.6 Å². The number of rotatable bonds is 6. The van der Waals surface area contributed by atoms with Gasteiger partial charge in [-0.25, -0.2) is 5.26 Å². The molecular weight excluding hydrogens is 330 g/mol. The number of fused-ring (bicyclic) bond motifs is 2. The van der Waals surface area contributed by atoms with Crippen molar-refractivity contribution in [3.8, 4) is 6.57 Å². The Balaban J connectivity index is 0.00000117. The molecule has 0 spiro atoms. The summed E-state index contributed by atoms with van der Waals surface area (Å²) in [6.07, 6.45) is 7.77. The second kappa shape index (κ2) is 9.16. The van der Waals surface area contributed by atoms with Gasteiger partial charge in [0, 0.05) is 25.2 Å². The van der Waals surface area contributed by atoms with Gasteiger partial charge in [0.05, 0.1) is 25.4 Å². The average Bonchev–Trinajstić information content (AvgIpc) is 3.13. The highest BCUT2D eigenvalue weighted by atomic mass is 16.5. The molecule has 148 valence electrons. The van der Waals surface area contributed by atoms with E-state index in [-0.39, 0.29) is 23.7 Å². The van der Waals surface area contributed by atoms with Crippen LogP contribution < -0.4 is 5.32 Å². The summed E-state index contributed by atoms with van der Waals surface area (Å²) >= 11 is 0. The first-order chi connectivity index (χ1) is 12.4. The Hall–Kier alpha value is -1.16. The van der Waals surface area contributed by atoms with Crippen molar-refractivity contribution in [3.63, 3.8) is 0 Å². The number of aliphatic hydroxyl groups excluding tert-OH is 1. The Morgan fingerprint density at radius 3 is 2.65 bits per heavy atom. The molecule has 0 aromatic rings. The minimum absolute atomic E-state index is 0.0477. The van der Waals surface area contributed by atoms with Crippen molar-refractivity contribution >= 4 is 5.91 Å². The predicted molar refractivity (Wildman–Crippen MR) is 100 cm³/mol. The molecule has 1 amide bonds. The molecule has 3 rings (SSSR count). The standard InChI is InChI=1S/C19H34N2O3.CHN/c1-15-9-16-11-18(2,14-19(10-15,12-16)24-8-7-22)20-13-17(23)21-5-3-4-6-21;1-2/h15-16,20,22H,3-14H2,1-2H3;1H/t15?,16?,18?,19-;/m1./s1. The topological polar surface area (TPSA) is 85.6 Å². The number of ether oxygens (including phenoxy) is 1. The minimum atomic E-state index is -0.123. The van der Waals surface area contributed by atoms with Crippen molar-refractivity contribution in [1.29, 1.82) is 5.26 Å². The first-order valence-electron chi connectivity index (χ1n) is 9.97. The summed E-state index contributed by atoms with van der Waals surface area (Å²) in [5.41, 5.74) is -0.171. The van der Waals surface area contributed by atoms with Gasteiger partial charge < -0.3 is 20.1 Å². The number of likely N-dealkylation sites (tertiary alicyclic amines) is 1. The molecular formula is C20H35N3O3. The highest BCUT2D eigenvalue weighted by Gasteiger charge is 2.50. The fourth-order valence-electron chi connectivity index (χ4n) is 5.63. The van der Waals surface area contributed by atoms with E-state index < -0.39 is 0 Å². The van der Waals surface area contributed by atoms with Gasteiger partial charge in [-0.3, -0.25) is 4.79 Å². The van der Waals surface area contributed by atoms with Crippen LogP contribution in [-0.4, -0.2) is 59.9 Å². The Kier molecular flexibility index (Phi) is 7.45. The van der Waals surface area contributed by atoms with Crippen LogP contribution in [0.15, 0.2) is 0 Å². The molecule has 4 atom stereocenters. The van der Waals surface area contributed by atoms with Crippen molar-refractivity contribution in [3.05, 3.63) is 0 Å². The molecule has 6 nitrogen and oxygen atoms in total. The van der Waals surface area contributed by atoms with Crippen LogP contribution in [0.4, 0.5) is 0 Å². The van der Waals surface area contributed by atoms with E-state index in [1.165, 1.54) is 6.42 Å². The third-order valence-corrected chi connectivity index (χ3v) is 6.19. The minimum Gasteiger partial charge on any atom is -0.394 e. The number of carbonyl (C=O) groups excluding carboxylic acids is 1. The third kappa shape index (κ3) is 5.18. The second-order valence-electron chi connectivity index (χ2n) is 8.75. The third-order valence-electron chi connectivity index (χ3n) is 6.19. The summed E-state index contributed by atoms with van der Waals surface area (Å²) in [5.74, 6) is 1.57. The number of nitrogens with zero attached hydrogens (tertiary/aromatic N) is 2. The maximum absolute atomic E-state index is 12.4. The van der Waals surface area contributed by atoms with Crippen LogP contribution in [0.5, 0.6) is 0 Å². The van der Waals surface area contributed by atoms with Gasteiger partial charge in [0.15, 0.2) is 0 Å². The molecule has 3 unspecified atom stereocenters. The normalized spacial score (nSPS) is 36.3. The number of hydrogen-bond acceptors (Lipinski definition) is 5. The highest BCUT2D eigenvalue weighted by Crippen LogP contribution is 2.50. The lowest BCUT2D eigenvalue weighted by Gasteiger charge is -2.54. The van der Waals surface area contributed by atoms with Gasteiger partial charge in [-0.1, -0.05) is 6.92 Å². The van der Waals surface area contributed by atoms with E-state index in [0.717, 1.165) is 51.6 Å². The molecule has 3 aliphatic rings. The van der Waals surface area contributed by atoms with Gasteiger partial charge in [0.1, 0.15) is 0 Å². The van der Waals surface area contributed by atoms with Crippen LogP contribution in [0, 0.1) is 23.7 Å². The Bertz CT molecular complexity index is 488. The van der Waals surface area contributed by atoms with E-state index in [1.807, 2.05) is 4.90 Å². The van der Waals surface area contributed by atoms with Crippen molar-refractivity contribution in [1.82, 2.24) is 10.2 Å². The van der Waals surface area contributed by atoms with Crippen molar-refractivity contribution in [2.45, 2.75) is 69.9 Å². The molecule has 2 N–H and O–H groups in total. The number of nitriles is 1. The predicted octanol–water partition coefficient (Wildman–Crippen LogP) is 2.07. The number of amides is 1. The zero-order valence-corrected chi connectivity index (χ0v) is 16.4. The van der Waals surface area contributed by atoms with Gasteiger partial charge in [0.2, 0.25) is 5.91 Å². The summed E-state index contributed by atoms with van der Waals surface area (Å²) in [7, 11) is 0. The van der Waals surface area contributed by atoms with Crippen molar-refractivity contribution in [2.24, 2.45) is 11.8 Å². The van der Waals surface area contributed by atoms with Gasteiger partial charge in [-0.15, -0.1) is 0 Å². The van der Waals surface area contributed by atoms with E-state index >= 15 is 0 Å². The molecule has 3 fully saturated rings. The fourth-order valence-corrected chi connectivity index (χ4v) is 5.63. The van der Waals surface area contributed by atoms with Crippen LogP contribution in [0.1, 0.15) is 58.8 Å². The molecule has 0 aromatic heterocycles. The van der Waals surface area contributed by atoms with Gasteiger partial charge in [-0.2, -0.15) is 0 Å². The number of aliphatic hydroxyl groups is 1. The summed E-state index contributed by atoms with van der Waals surface area (Å²) in [4.78, 5) is 14.4. The molecule has 6 heteroatoms. The molecule has 1 saturated heterocycles. The first-order valence-corrected chi connectivity index (χ1v) is 9.97. The molecule has 0 aromatic carbocycles. The fraction of sp³-hybridized carbons (Fsp3) is 0.900. The SMILES string of the molecule is C#N.CC1CC2CC(C)(NCC(=O)N3CCCC3)C[C@@](OCCO)(C1)C2. The monoisotopic (exact) mass is 365 g/mol. The second-order valence-corrected chi connectivity index (χ2v) is 8.75. The lowest BCUT2D eigenvalue weighted by molar-refractivity contribution is -0.146. The summed E-state index contributed by atoms with van der Waals surface area (Å²) in [5, 5.41) is 19.3. The van der Waals surface area contributed by atoms with Crippen LogP contribution in [0.25, 0.3) is 0 Å². The van der Waals surface area contributed by atoms with E-state index in [4.69, 9.17) is 10.00 Å². The summed E-state index contributed by atoms with van der Waals surface area (Å²) in [6.45, 7) is 10.8. The molecule has 1 heterocycles. The van der Waals surface area contributed by atoms with E-state index in [0.29, 0.717) is 25.0 Å². The smallest absolute Gasteiger partial charge is 0.236 e. The van der Waals surface area contributed by atoms with Crippen LogP contribution in [0.2, 0.25) is 0 Å². The Morgan fingerprint density at radius 1 is 1.31 bits per heavy atom. The van der Waals surface area contributed by atoms with Gasteiger partial charge >= 0.3 is 0 Å². The zero-order valence-electron chi connectivity index (χ0n) is 16.4. The van der Waals surface area contributed by atoms with Crippen LogP contribution in [0.3, 0.4) is 0 Å². The maximum atomic E-state index is 12.4. The Labute approximate surface area is 157 Å². The van der Waals surface area contributed by atoms with Crippen LogP contribution in [-0.2, 0) is 9.53 Å². The van der Waals surface area contributed by atoms with Gasteiger partial charge in [0.25, 0.3) is 0 Å². The highest BCUT2D eigenvalue weighted by molar-refractivity contribution is 5.78. The molecule has 2 aliphatic carbocycles. The first kappa shape index (κ1) is 21.1. The van der Waals surface area contributed by atoms with E-state index in [1.54, 1.807) is 0 Å². The lowest BCUT2D eigenvalue weighted by atomic mass is 9.60. The molecule has 26 heavy (non-hydrogen) atoms. The van der Waals surface area contributed by atoms with E-state index in [9.17, 15) is 9.90 Å². The quantitative estimate of drug-likeness (QED) is 0.753. The Morgan fingerprint density at radius 2 is 2.00 bits per heavy atom. The van der Waals surface area contributed by atoms with Crippen LogP contribution >= 0.6 is 0 Å². The molecule has 2 bridgehead atoms. The molecule has 1 aliphatic heterocycles.